The molecule has 0 spiro atoms. The second-order valence-electron chi connectivity index (χ2n) is 8.09. The first-order valence-corrected chi connectivity index (χ1v) is 11.2. The first kappa shape index (κ1) is 22.2. The van der Waals surface area contributed by atoms with Crippen molar-refractivity contribution in [2.45, 2.75) is 13.1 Å². The Balaban J connectivity index is 1.54. The number of hydrogen-bond donors (Lipinski definition) is 2. The number of para-hydroxylation sites is 2. The summed E-state index contributed by atoms with van der Waals surface area (Å²) in [7, 11) is 3.16. The number of carbonyl (C=O) groups excluding carboxylic acids is 1. The third-order valence-electron chi connectivity index (χ3n) is 5.90. The second kappa shape index (κ2) is 9.34. The SMILES string of the molecule is COc1ccc(CNC(=O)c2c(N)n(Cc3ccccc3)c3nc4ccccc4nc23)cc1OC. The van der Waals surface area contributed by atoms with E-state index in [9.17, 15) is 4.79 Å². The van der Waals surface area contributed by atoms with E-state index < -0.39 is 0 Å². The van der Waals surface area contributed by atoms with Crippen molar-refractivity contribution < 1.29 is 14.3 Å². The number of carbonyl (C=O) groups is 1. The smallest absolute Gasteiger partial charge is 0.257 e. The van der Waals surface area contributed by atoms with Crippen LogP contribution in [0.15, 0.2) is 72.8 Å². The normalized spacial score (nSPS) is 11.0. The Kier molecular flexibility index (Phi) is 5.93. The summed E-state index contributed by atoms with van der Waals surface area (Å²) in [5.41, 5.74) is 11.3. The van der Waals surface area contributed by atoms with Gasteiger partial charge in [-0.1, -0.05) is 48.5 Å². The zero-order chi connectivity index (χ0) is 24.4. The van der Waals surface area contributed by atoms with E-state index in [0.29, 0.717) is 46.1 Å². The summed E-state index contributed by atoms with van der Waals surface area (Å²) in [5.74, 6) is 1.22. The summed E-state index contributed by atoms with van der Waals surface area (Å²) in [5, 5.41) is 2.97. The summed E-state index contributed by atoms with van der Waals surface area (Å²) in [4.78, 5) is 23.0. The molecule has 0 saturated heterocycles. The van der Waals surface area contributed by atoms with Gasteiger partial charge in [-0.2, -0.15) is 0 Å². The summed E-state index contributed by atoms with van der Waals surface area (Å²) < 4.78 is 12.5. The lowest BCUT2D eigenvalue weighted by atomic mass is 10.2. The average Bonchev–Trinajstić information content (AvgIpc) is 3.16. The number of amides is 1. The molecule has 3 aromatic carbocycles. The van der Waals surface area contributed by atoms with Gasteiger partial charge in [0.2, 0.25) is 0 Å². The Bertz CT molecular complexity index is 1530. The monoisotopic (exact) mass is 467 g/mol. The Morgan fingerprint density at radius 1 is 0.886 bits per heavy atom. The Labute approximate surface area is 202 Å². The summed E-state index contributed by atoms with van der Waals surface area (Å²) >= 11 is 0. The van der Waals surface area contributed by atoms with Crippen LogP contribution in [0, 0.1) is 0 Å². The topological polar surface area (TPSA) is 104 Å². The van der Waals surface area contributed by atoms with Crippen LogP contribution in [0.1, 0.15) is 21.5 Å². The molecule has 0 radical (unpaired) electrons. The van der Waals surface area contributed by atoms with Crippen LogP contribution in [0.2, 0.25) is 0 Å². The largest absolute Gasteiger partial charge is 0.493 e. The van der Waals surface area contributed by atoms with Gasteiger partial charge >= 0.3 is 0 Å². The number of rotatable bonds is 7. The molecule has 8 heteroatoms. The summed E-state index contributed by atoms with van der Waals surface area (Å²) in [6, 6.07) is 23.0. The number of ether oxygens (including phenoxy) is 2. The van der Waals surface area contributed by atoms with Crippen molar-refractivity contribution in [1.82, 2.24) is 19.9 Å². The molecule has 0 atom stereocenters. The Morgan fingerprint density at radius 2 is 1.57 bits per heavy atom. The van der Waals surface area contributed by atoms with Crippen molar-refractivity contribution in [3.63, 3.8) is 0 Å². The molecule has 35 heavy (non-hydrogen) atoms. The number of nitrogens with one attached hydrogen (secondary N) is 1. The van der Waals surface area contributed by atoms with Crippen LogP contribution in [-0.2, 0) is 13.1 Å². The molecule has 5 rings (SSSR count). The lowest BCUT2D eigenvalue weighted by Gasteiger charge is -2.11. The van der Waals surface area contributed by atoms with Crippen LogP contribution in [0.5, 0.6) is 11.5 Å². The molecule has 0 unspecified atom stereocenters. The maximum absolute atomic E-state index is 13.4. The van der Waals surface area contributed by atoms with E-state index in [0.717, 1.165) is 16.6 Å². The number of fused-ring (bicyclic) bond motifs is 2. The fraction of sp³-hybridized carbons (Fsp3) is 0.148. The predicted octanol–water partition coefficient (Wildman–Crippen LogP) is 4.16. The molecule has 0 bridgehead atoms. The first-order valence-electron chi connectivity index (χ1n) is 11.2. The van der Waals surface area contributed by atoms with Gasteiger partial charge in [0, 0.05) is 6.54 Å². The van der Waals surface area contributed by atoms with Crippen LogP contribution in [0.25, 0.3) is 22.2 Å². The van der Waals surface area contributed by atoms with Crippen molar-refractivity contribution in [2.24, 2.45) is 0 Å². The van der Waals surface area contributed by atoms with Crippen molar-refractivity contribution >= 4 is 33.9 Å². The highest BCUT2D eigenvalue weighted by atomic mass is 16.5. The van der Waals surface area contributed by atoms with Gasteiger partial charge in [0.1, 0.15) is 16.9 Å². The van der Waals surface area contributed by atoms with Crippen LogP contribution < -0.4 is 20.5 Å². The van der Waals surface area contributed by atoms with Gasteiger partial charge in [0.25, 0.3) is 5.91 Å². The van der Waals surface area contributed by atoms with Gasteiger partial charge in [0.15, 0.2) is 17.1 Å². The maximum atomic E-state index is 13.4. The van der Waals surface area contributed by atoms with Gasteiger partial charge in [-0.3, -0.25) is 4.79 Å². The number of hydrogen-bond acceptors (Lipinski definition) is 6. The summed E-state index contributed by atoms with van der Waals surface area (Å²) in [6.07, 6.45) is 0. The molecule has 3 N–H and O–H groups in total. The zero-order valence-corrected chi connectivity index (χ0v) is 19.5. The fourth-order valence-corrected chi connectivity index (χ4v) is 4.13. The van der Waals surface area contributed by atoms with Crippen molar-refractivity contribution in [3.8, 4) is 11.5 Å². The van der Waals surface area contributed by atoms with Gasteiger partial charge in [-0.05, 0) is 35.4 Å². The molecule has 5 aromatic rings. The van der Waals surface area contributed by atoms with Gasteiger partial charge < -0.3 is 25.1 Å². The molecule has 0 aliphatic rings. The third kappa shape index (κ3) is 4.21. The number of benzene rings is 3. The number of aromatic nitrogens is 3. The molecule has 0 aliphatic heterocycles. The minimum absolute atomic E-state index is 0.283. The molecule has 8 nitrogen and oxygen atoms in total. The molecular formula is C27H25N5O3. The van der Waals surface area contributed by atoms with E-state index in [1.54, 1.807) is 20.3 Å². The van der Waals surface area contributed by atoms with E-state index in [1.807, 2.05) is 71.3 Å². The quantitative estimate of drug-likeness (QED) is 0.372. The molecule has 2 aromatic heterocycles. The zero-order valence-electron chi connectivity index (χ0n) is 19.5. The second-order valence-corrected chi connectivity index (χ2v) is 8.09. The van der Waals surface area contributed by atoms with Gasteiger partial charge in [-0.25, -0.2) is 9.97 Å². The number of methoxy groups -OCH3 is 2. The van der Waals surface area contributed by atoms with E-state index in [2.05, 4.69) is 5.32 Å². The highest BCUT2D eigenvalue weighted by Crippen LogP contribution is 2.30. The molecule has 176 valence electrons. The Morgan fingerprint density at radius 3 is 2.29 bits per heavy atom. The summed E-state index contributed by atoms with van der Waals surface area (Å²) in [6.45, 7) is 0.754. The van der Waals surface area contributed by atoms with Crippen LogP contribution in [0.4, 0.5) is 5.82 Å². The molecule has 0 saturated carbocycles. The lowest BCUT2D eigenvalue weighted by molar-refractivity contribution is 0.0953. The third-order valence-corrected chi connectivity index (χ3v) is 5.90. The number of nitrogens with two attached hydrogens (primary N) is 1. The molecule has 0 aliphatic carbocycles. The predicted molar refractivity (Wildman–Crippen MR) is 136 cm³/mol. The van der Waals surface area contributed by atoms with Crippen LogP contribution in [0.3, 0.4) is 0 Å². The number of anilines is 1. The number of nitrogen functional groups attached to an aromatic ring is 1. The van der Waals surface area contributed by atoms with E-state index >= 15 is 0 Å². The van der Waals surface area contributed by atoms with Crippen molar-refractivity contribution in [2.75, 3.05) is 20.0 Å². The lowest BCUT2D eigenvalue weighted by Crippen LogP contribution is -2.24. The first-order chi connectivity index (χ1) is 17.1. The van der Waals surface area contributed by atoms with Crippen molar-refractivity contribution in [1.29, 1.82) is 0 Å². The van der Waals surface area contributed by atoms with Gasteiger partial charge in [-0.15, -0.1) is 0 Å². The minimum atomic E-state index is -0.321. The van der Waals surface area contributed by atoms with E-state index in [4.69, 9.17) is 25.2 Å². The van der Waals surface area contributed by atoms with Crippen LogP contribution >= 0.6 is 0 Å². The molecule has 0 fully saturated rings. The Hall–Kier alpha value is -4.59. The highest BCUT2D eigenvalue weighted by molar-refractivity contribution is 6.10. The average molecular weight is 468 g/mol. The maximum Gasteiger partial charge on any atom is 0.257 e. The van der Waals surface area contributed by atoms with Gasteiger partial charge in [0.05, 0.1) is 31.8 Å². The highest BCUT2D eigenvalue weighted by Gasteiger charge is 2.24. The fourth-order valence-electron chi connectivity index (χ4n) is 4.13. The van der Waals surface area contributed by atoms with E-state index in [-0.39, 0.29) is 12.5 Å². The molecule has 2 heterocycles. The van der Waals surface area contributed by atoms with E-state index in [1.165, 1.54) is 0 Å². The number of nitrogens with zero attached hydrogens (tertiary/aromatic N) is 3. The minimum Gasteiger partial charge on any atom is -0.493 e. The molecule has 1 amide bonds. The van der Waals surface area contributed by atoms with Crippen LogP contribution in [-0.4, -0.2) is 34.7 Å². The van der Waals surface area contributed by atoms with Crippen molar-refractivity contribution in [3.05, 3.63) is 89.5 Å². The standard InChI is InChI=1S/C27H25N5O3/c1-34-21-13-12-18(14-22(21)35-2)15-29-27(33)23-24-26(31-20-11-7-6-10-19(20)30-24)32(25(23)28)16-17-8-4-3-5-9-17/h3-14H,15-16,28H2,1-2H3,(H,29,33). The molecular weight excluding hydrogens is 442 g/mol.